The minimum Gasteiger partial charge on any atom is -0.376 e. The van der Waals surface area contributed by atoms with E-state index in [9.17, 15) is 0 Å². The molecule has 0 atom stereocenters. The normalized spacial score (nSPS) is 13.8. The third kappa shape index (κ3) is 2.05. The molecule has 0 aromatic heterocycles. The fourth-order valence-corrected chi connectivity index (χ4v) is 2.06. The molecule has 0 bridgehead atoms. The second kappa shape index (κ2) is 4.43. The van der Waals surface area contributed by atoms with Crippen LogP contribution in [0.25, 0.3) is 0 Å². The summed E-state index contributed by atoms with van der Waals surface area (Å²) >= 11 is 0. The van der Waals surface area contributed by atoms with E-state index in [0.717, 1.165) is 12.8 Å². The second-order valence-corrected chi connectivity index (χ2v) is 4.36. The maximum absolute atomic E-state index is 5.72. The lowest BCUT2D eigenvalue weighted by atomic mass is 9.77. The Morgan fingerprint density at radius 1 is 1.08 bits per heavy atom. The number of rotatable bonds is 5. The molecular formula is C11H25NO. The number of hydrogen-bond donors (Lipinski definition) is 0. The fraction of sp³-hybridized carbons (Fsp3) is 1.00. The van der Waals surface area contributed by atoms with Crippen LogP contribution in [-0.4, -0.2) is 37.2 Å². The first kappa shape index (κ1) is 12.9. The highest BCUT2D eigenvalue weighted by atomic mass is 16.5. The zero-order valence-corrected chi connectivity index (χ0v) is 10.3. The molecule has 0 aliphatic carbocycles. The Bertz CT molecular complexity index is 140. The molecule has 0 rings (SSSR count). The quantitative estimate of drug-likeness (QED) is 0.656. The van der Waals surface area contributed by atoms with Crippen LogP contribution < -0.4 is 0 Å². The first-order valence-electron chi connectivity index (χ1n) is 5.10. The van der Waals surface area contributed by atoms with Gasteiger partial charge >= 0.3 is 0 Å². The number of nitrogens with zero attached hydrogens (tertiary/aromatic N) is 1. The van der Waals surface area contributed by atoms with Crippen molar-refractivity contribution in [1.82, 2.24) is 4.90 Å². The molecule has 0 heterocycles. The van der Waals surface area contributed by atoms with Gasteiger partial charge in [0.05, 0.1) is 5.60 Å². The SMILES string of the molecule is CCC(CC)(OC)C(C)(C)N(C)C. The van der Waals surface area contributed by atoms with E-state index in [2.05, 4.69) is 46.7 Å². The van der Waals surface area contributed by atoms with E-state index >= 15 is 0 Å². The Labute approximate surface area is 83.3 Å². The molecule has 0 spiro atoms. The summed E-state index contributed by atoms with van der Waals surface area (Å²) in [7, 11) is 6.04. The van der Waals surface area contributed by atoms with Gasteiger partial charge in [0, 0.05) is 12.6 Å². The molecule has 0 amide bonds. The van der Waals surface area contributed by atoms with Crippen LogP contribution in [0.5, 0.6) is 0 Å². The van der Waals surface area contributed by atoms with Gasteiger partial charge in [-0.25, -0.2) is 0 Å². The predicted octanol–water partition coefficient (Wildman–Crippen LogP) is 2.53. The largest absolute Gasteiger partial charge is 0.376 e. The molecule has 0 saturated heterocycles. The van der Waals surface area contributed by atoms with Crippen LogP contribution in [0.1, 0.15) is 40.5 Å². The van der Waals surface area contributed by atoms with Gasteiger partial charge < -0.3 is 9.64 Å². The second-order valence-electron chi connectivity index (χ2n) is 4.36. The van der Waals surface area contributed by atoms with Crippen molar-refractivity contribution < 1.29 is 4.74 Å². The van der Waals surface area contributed by atoms with Gasteiger partial charge in [0.25, 0.3) is 0 Å². The summed E-state index contributed by atoms with van der Waals surface area (Å²) in [6.07, 6.45) is 2.09. The smallest absolute Gasteiger partial charge is 0.0850 e. The summed E-state index contributed by atoms with van der Waals surface area (Å²) in [6, 6.07) is 0. The third-order valence-corrected chi connectivity index (χ3v) is 3.77. The lowest BCUT2D eigenvalue weighted by molar-refractivity contribution is -0.114. The highest BCUT2D eigenvalue weighted by molar-refractivity contribution is 4.99. The molecule has 0 aliphatic heterocycles. The summed E-state index contributed by atoms with van der Waals surface area (Å²) in [5, 5.41) is 0. The monoisotopic (exact) mass is 187 g/mol. The molecule has 0 radical (unpaired) electrons. The average Bonchev–Trinajstić information content (AvgIpc) is 2.08. The van der Waals surface area contributed by atoms with E-state index in [0.29, 0.717) is 0 Å². The van der Waals surface area contributed by atoms with Gasteiger partial charge in [-0.1, -0.05) is 13.8 Å². The summed E-state index contributed by atoms with van der Waals surface area (Å²) in [4.78, 5) is 2.24. The van der Waals surface area contributed by atoms with Gasteiger partial charge in [-0.2, -0.15) is 0 Å². The lowest BCUT2D eigenvalue weighted by Gasteiger charge is -2.49. The molecule has 0 N–H and O–H groups in total. The van der Waals surface area contributed by atoms with E-state index < -0.39 is 0 Å². The Balaban J connectivity index is 4.91. The maximum atomic E-state index is 5.72. The highest BCUT2D eigenvalue weighted by Gasteiger charge is 2.43. The summed E-state index contributed by atoms with van der Waals surface area (Å²) < 4.78 is 5.72. The first-order chi connectivity index (χ1) is 5.88. The highest BCUT2D eigenvalue weighted by Crippen LogP contribution is 2.35. The first-order valence-corrected chi connectivity index (χ1v) is 5.10. The number of ether oxygens (including phenoxy) is 1. The van der Waals surface area contributed by atoms with Crippen molar-refractivity contribution in [2.45, 2.75) is 51.7 Å². The van der Waals surface area contributed by atoms with Crippen LogP contribution in [0.3, 0.4) is 0 Å². The topological polar surface area (TPSA) is 12.5 Å². The molecule has 0 saturated carbocycles. The molecule has 2 nitrogen and oxygen atoms in total. The van der Waals surface area contributed by atoms with Gasteiger partial charge in [0.1, 0.15) is 0 Å². The fourth-order valence-electron chi connectivity index (χ4n) is 2.06. The van der Waals surface area contributed by atoms with Gasteiger partial charge in [-0.05, 0) is 40.8 Å². The van der Waals surface area contributed by atoms with Crippen LogP contribution in [0, 0.1) is 0 Å². The maximum Gasteiger partial charge on any atom is 0.0850 e. The molecule has 0 unspecified atom stereocenters. The molecule has 0 aromatic rings. The molecule has 0 aliphatic rings. The Kier molecular flexibility index (Phi) is 4.40. The van der Waals surface area contributed by atoms with E-state index in [-0.39, 0.29) is 11.1 Å². The number of hydrogen-bond acceptors (Lipinski definition) is 2. The van der Waals surface area contributed by atoms with Crippen molar-refractivity contribution in [3.05, 3.63) is 0 Å². The summed E-state index contributed by atoms with van der Waals surface area (Å²) in [5.74, 6) is 0. The van der Waals surface area contributed by atoms with Gasteiger partial charge in [0.15, 0.2) is 0 Å². The van der Waals surface area contributed by atoms with Crippen LogP contribution in [0.4, 0.5) is 0 Å². The molecule has 0 fully saturated rings. The molecule has 0 aromatic carbocycles. The van der Waals surface area contributed by atoms with Crippen molar-refractivity contribution in [1.29, 1.82) is 0 Å². The predicted molar refractivity (Wildman–Crippen MR) is 58.1 cm³/mol. The van der Waals surface area contributed by atoms with E-state index in [1.54, 1.807) is 0 Å². The van der Waals surface area contributed by atoms with Gasteiger partial charge in [-0.3, -0.25) is 0 Å². The van der Waals surface area contributed by atoms with Crippen LogP contribution in [0.2, 0.25) is 0 Å². The third-order valence-electron chi connectivity index (χ3n) is 3.77. The molecule has 80 valence electrons. The van der Waals surface area contributed by atoms with Crippen LogP contribution in [0.15, 0.2) is 0 Å². The minimum absolute atomic E-state index is 0.0312. The van der Waals surface area contributed by atoms with Crippen molar-refractivity contribution in [3.63, 3.8) is 0 Å². The van der Waals surface area contributed by atoms with Crippen molar-refractivity contribution in [2.24, 2.45) is 0 Å². The van der Waals surface area contributed by atoms with E-state index in [1.165, 1.54) is 0 Å². The minimum atomic E-state index is -0.0312. The Hall–Kier alpha value is -0.0800. The summed E-state index contributed by atoms with van der Waals surface area (Å²) in [6.45, 7) is 8.86. The number of methoxy groups -OCH3 is 1. The zero-order valence-electron chi connectivity index (χ0n) is 10.3. The standard InChI is InChI=1S/C11H25NO/c1-8-11(9-2,13-7)10(3,4)12(5)6/h8-9H2,1-7H3. The summed E-state index contributed by atoms with van der Waals surface area (Å²) in [5.41, 5.74) is 0.0434. The van der Waals surface area contributed by atoms with E-state index in [4.69, 9.17) is 4.74 Å². The van der Waals surface area contributed by atoms with Crippen molar-refractivity contribution >= 4 is 0 Å². The van der Waals surface area contributed by atoms with Gasteiger partial charge in [0.2, 0.25) is 0 Å². The molecular weight excluding hydrogens is 162 g/mol. The van der Waals surface area contributed by atoms with E-state index in [1.807, 2.05) is 7.11 Å². The molecule has 2 heteroatoms. The lowest BCUT2D eigenvalue weighted by Crippen LogP contribution is -2.58. The molecule has 13 heavy (non-hydrogen) atoms. The Morgan fingerprint density at radius 2 is 1.46 bits per heavy atom. The number of likely N-dealkylation sites (N-methyl/N-ethyl adjacent to an activating group) is 1. The average molecular weight is 187 g/mol. The van der Waals surface area contributed by atoms with Crippen molar-refractivity contribution in [2.75, 3.05) is 21.2 Å². The van der Waals surface area contributed by atoms with Crippen LogP contribution >= 0.6 is 0 Å². The zero-order chi connectivity index (χ0) is 10.7. The van der Waals surface area contributed by atoms with Crippen LogP contribution in [-0.2, 0) is 4.74 Å². The van der Waals surface area contributed by atoms with Gasteiger partial charge in [-0.15, -0.1) is 0 Å². The van der Waals surface area contributed by atoms with Crippen molar-refractivity contribution in [3.8, 4) is 0 Å². The Morgan fingerprint density at radius 3 is 1.54 bits per heavy atom.